The van der Waals surface area contributed by atoms with Gasteiger partial charge in [0, 0.05) is 5.56 Å². The molecule has 0 atom stereocenters. The van der Waals surface area contributed by atoms with Crippen molar-refractivity contribution in [2.45, 2.75) is 13.0 Å². The molecular weight excluding hydrogens is 248 g/mol. The Labute approximate surface area is 113 Å². The van der Waals surface area contributed by atoms with Gasteiger partial charge in [-0.05, 0) is 0 Å². The first kappa shape index (κ1) is 14.2. The maximum atomic E-state index is 12.0. The zero-order valence-corrected chi connectivity index (χ0v) is 10.7. The van der Waals surface area contributed by atoms with E-state index in [4.69, 9.17) is 0 Å². The highest BCUT2D eigenvalue weighted by Crippen LogP contribution is 2.00. The molecule has 1 aromatic carbocycles. The predicted molar refractivity (Wildman–Crippen MR) is 65.7 cm³/mol. The van der Waals surface area contributed by atoms with Gasteiger partial charge in [0.05, 0.1) is 6.42 Å². The number of imidazole rings is 1. The van der Waals surface area contributed by atoms with Gasteiger partial charge in [-0.15, -0.1) is 6.58 Å². The lowest BCUT2D eigenvalue weighted by Crippen LogP contribution is -3.00. The number of nitrogens with zero attached hydrogens (tertiary/aromatic N) is 1. The van der Waals surface area contributed by atoms with Crippen molar-refractivity contribution < 1.29 is 21.8 Å². The van der Waals surface area contributed by atoms with Crippen LogP contribution in [-0.4, -0.2) is 10.8 Å². The van der Waals surface area contributed by atoms with E-state index in [1.54, 1.807) is 0 Å². The molecule has 0 saturated heterocycles. The number of ketones is 1. The van der Waals surface area contributed by atoms with Crippen molar-refractivity contribution >= 4 is 5.78 Å². The van der Waals surface area contributed by atoms with E-state index < -0.39 is 0 Å². The molecule has 1 N–H and O–H groups in total. The molecule has 4 heteroatoms. The highest BCUT2D eigenvalue weighted by Gasteiger charge is 2.14. The largest absolute Gasteiger partial charge is 1.00 e. The summed E-state index contributed by atoms with van der Waals surface area (Å²) in [5, 5.41) is 0. The van der Waals surface area contributed by atoms with Gasteiger partial charge in [-0.3, -0.25) is 4.79 Å². The van der Waals surface area contributed by atoms with Crippen LogP contribution in [0.25, 0.3) is 0 Å². The lowest BCUT2D eigenvalue weighted by atomic mass is 10.1. The predicted octanol–water partition coefficient (Wildman–Crippen LogP) is -1.08. The fraction of sp³-hybridized carbons (Fsp3) is 0.143. The molecule has 18 heavy (non-hydrogen) atoms. The Balaban J connectivity index is 0.00000162. The van der Waals surface area contributed by atoms with E-state index in [1.165, 1.54) is 0 Å². The average molecular weight is 263 g/mol. The lowest BCUT2D eigenvalue weighted by molar-refractivity contribution is -0.688. The Morgan fingerprint density at radius 1 is 1.33 bits per heavy atom. The molecule has 0 fully saturated rings. The zero-order chi connectivity index (χ0) is 12.1. The van der Waals surface area contributed by atoms with E-state index in [9.17, 15) is 4.79 Å². The molecule has 0 aliphatic heterocycles. The van der Waals surface area contributed by atoms with Crippen molar-refractivity contribution in [2.75, 3.05) is 0 Å². The Kier molecular flexibility index (Phi) is 5.33. The minimum Gasteiger partial charge on any atom is -1.00 e. The molecular formula is C14H15ClN2O. The summed E-state index contributed by atoms with van der Waals surface area (Å²) in [4.78, 5) is 15.1. The number of carbonyl (C=O) groups excluding carboxylic acids is 1. The number of hydrogen-bond donors (Lipinski definition) is 1. The highest BCUT2D eigenvalue weighted by atomic mass is 35.5. The Bertz CT molecular complexity index is 520. The van der Waals surface area contributed by atoms with Gasteiger partial charge in [-0.25, -0.2) is 9.55 Å². The number of hydrogen-bond acceptors (Lipinski definition) is 1. The SMILES string of the molecule is C=CCc1[nH]cc[n+]1CC(=O)c1ccccc1.[Cl-]. The molecule has 3 nitrogen and oxygen atoms in total. The summed E-state index contributed by atoms with van der Waals surface area (Å²) in [6, 6.07) is 9.33. The van der Waals surface area contributed by atoms with E-state index >= 15 is 0 Å². The van der Waals surface area contributed by atoms with Crippen LogP contribution in [0, 0.1) is 0 Å². The molecule has 1 aromatic heterocycles. The van der Waals surface area contributed by atoms with Gasteiger partial charge in [0.2, 0.25) is 5.78 Å². The maximum absolute atomic E-state index is 12.0. The fourth-order valence-electron chi connectivity index (χ4n) is 1.73. The Hall–Kier alpha value is -1.87. The van der Waals surface area contributed by atoms with E-state index in [1.807, 2.05) is 53.4 Å². The molecule has 0 bridgehead atoms. The number of H-pyrrole nitrogens is 1. The number of benzene rings is 1. The van der Waals surface area contributed by atoms with Gasteiger partial charge in [0.1, 0.15) is 12.4 Å². The zero-order valence-electron chi connectivity index (χ0n) is 9.97. The van der Waals surface area contributed by atoms with E-state index in [0.29, 0.717) is 6.54 Å². The van der Waals surface area contributed by atoms with Gasteiger partial charge in [-0.1, -0.05) is 36.4 Å². The van der Waals surface area contributed by atoms with Crippen molar-refractivity contribution in [1.29, 1.82) is 0 Å². The molecule has 0 unspecified atom stereocenters. The summed E-state index contributed by atoms with van der Waals surface area (Å²) < 4.78 is 1.91. The normalized spacial score (nSPS) is 9.56. The van der Waals surface area contributed by atoms with Crippen molar-refractivity contribution in [3.63, 3.8) is 0 Å². The van der Waals surface area contributed by atoms with Crippen LogP contribution in [0.4, 0.5) is 0 Å². The van der Waals surface area contributed by atoms with E-state index in [2.05, 4.69) is 11.6 Å². The van der Waals surface area contributed by atoms with Gasteiger partial charge in [-0.2, -0.15) is 0 Å². The van der Waals surface area contributed by atoms with Gasteiger partial charge in [0.25, 0.3) is 5.82 Å². The van der Waals surface area contributed by atoms with E-state index in [0.717, 1.165) is 17.8 Å². The number of aromatic nitrogens is 2. The number of nitrogens with one attached hydrogen (secondary N) is 1. The number of rotatable bonds is 5. The molecule has 0 saturated carbocycles. The van der Waals surface area contributed by atoms with Crippen molar-refractivity contribution in [1.82, 2.24) is 4.98 Å². The molecule has 0 spiro atoms. The van der Waals surface area contributed by atoms with Crippen LogP contribution in [0.5, 0.6) is 0 Å². The molecule has 0 aliphatic rings. The minimum atomic E-state index is 0. The third kappa shape index (κ3) is 3.31. The highest BCUT2D eigenvalue weighted by molar-refractivity contribution is 5.94. The number of aromatic amines is 1. The van der Waals surface area contributed by atoms with Gasteiger partial charge in [0.15, 0.2) is 6.54 Å². The van der Waals surface area contributed by atoms with Crippen molar-refractivity contribution in [3.05, 3.63) is 66.8 Å². The summed E-state index contributed by atoms with van der Waals surface area (Å²) in [5.41, 5.74) is 0.741. The second-order valence-electron chi connectivity index (χ2n) is 3.82. The molecule has 94 valence electrons. The Morgan fingerprint density at radius 2 is 2.06 bits per heavy atom. The monoisotopic (exact) mass is 262 g/mol. The molecule has 2 aromatic rings. The minimum absolute atomic E-state index is 0. The van der Waals surface area contributed by atoms with Crippen molar-refractivity contribution in [3.8, 4) is 0 Å². The summed E-state index contributed by atoms with van der Waals surface area (Å²) in [6.45, 7) is 4.05. The standard InChI is InChI=1S/C14H14N2O.ClH/c1-2-6-14-15-9-10-16(14)11-13(17)12-7-4-3-5-8-12;/h2-5,7-10H,1,6,11H2;1H. The summed E-state index contributed by atoms with van der Waals surface area (Å²) >= 11 is 0. The summed E-state index contributed by atoms with van der Waals surface area (Å²) in [7, 11) is 0. The van der Waals surface area contributed by atoms with Crippen LogP contribution in [0.15, 0.2) is 55.4 Å². The Morgan fingerprint density at radius 3 is 2.72 bits per heavy atom. The quantitative estimate of drug-likeness (QED) is 0.415. The molecule has 0 radical (unpaired) electrons. The maximum Gasteiger partial charge on any atom is 0.258 e. The first-order chi connectivity index (χ1) is 8.31. The lowest BCUT2D eigenvalue weighted by Gasteiger charge is -1.99. The van der Waals surface area contributed by atoms with Crippen LogP contribution >= 0.6 is 0 Å². The van der Waals surface area contributed by atoms with Crippen LogP contribution in [0.2, 0.25) is 0 Å². The molecule has 2 rings (SSSR count). The van der Waals surface area contributed by atoms with E-state index in [-0.39, 0.29) is 18.2 Å². The first-order valence-corrected chi connectivity index (χ1v) is 5.56. The molecule has 0 aliphatic carbocycles. The van der Waals surface area contributed by atoms with Gasteiger partial charge >= 0.3 is 0 Å². The van der Waals surface area contributed by atoms with Crippen LogP contribution in [-0.2, 0) is 13.0 Å². The topological polar surface area (TPSA) is 36.7 Å². The fourth-order valence-corrected chi connectivity index (χ4v) is 1.73. The van der Waals surface area contributed by atoms with Crippen molar-refractivity contribution in [2.24, 2.45) is 0 Å². The smallest absolute Gasteiger partial charge is 0.258 e. The average Bonchev–Trinajstić information content (AvgIpc) is 2.78. The first-order valence-electron chi connectivity index (χ1n) is 5.56. The second-order valence-corrected chi connectivity index (χ2v) is 3.82. The summed E-state index contributed by atoms with van der Waals surface area (Å²) in [5.74, 6) is 1.10. The number of Topliss-reactive ketones (excluding diaryl/α,β-unsaturated/α-hetero) is 1. The number of halogens is 1. The number of carbonyl (C=O) groups is 1. The molecule has 1 heterocycles. The summed E-state index contributed by atoms with van der Waals surface area (Å²) in [6.07, 6.45) is 6.25. The van der Waals surface area contributed by atoms with Crippen LogP contribution in [0.3, 0.4) is 0 Å². The number of allylic oxidation sites excluding steroid dienone is 1. The van der Waals surface area contributed by atoms with Crippen LogP contribution in [0.1, 0.15) is 16.2 Å². The van der Waals surface area contributed by atoms with Gasteiger partial charge < -0.3 is 12.4 Å². The second kappa shape index (κ2) is 6.77. The third-order valence-corrected chi connectivity index (χ3v) is 2.60. The molecule has 0 amide bonds. The third-order valence-electron chi connectivity index (χ3n) is 2.60. The van der Waals surface area contributed by atoms with Crippen LogP contribution < -0.4 is 17.0 Å².